The molecule has 20 heavy (non-hydrogen) atoms. The highest BCUT2D eigenvalue weighted by molar-refractivity contribution is 7.87. The van der Waals surface area contributed by atoms with Gasteiger partial charge in [0, 0.05) is 20.3 Å². The van der Waals surface area contributed by atoms with Gasteiger partial charge in [-0.2, -0.15) is 12.7 Å². The summed E-state index contributed by atoms with van der Waals surface area (Å²) in [6.07, 6.45) is -0.986. The molecule has 0 bridgehead atoms. The summed E-state index contributed by atoms with van der Waals surface area (Å²) in [7, 11) is -2.34. The van der Waals surface area contributed by atoms with Crippen molar-refractivity contribution in [3.63, 3.8) is 0 Å². The van der Waals surface area contributed by atoms with E-state index in [1.165, 1.54) is 14.1 Å². The number of hydrogen-bond acceptors (Lipinski definition) is 5. The average molecular weight is 303 g/mol. The van der Waals surface area contributed by atoms with Gasteiger partial charge in [0.2, 0.25) is 0 Å². The van der Waals surface area contributed by atoms with E-state index in [1.807, 2.05) is 27.7 Å². The summed E-state index contributed by atoms with van der Waals surface area (Å²) in [6.45, 7) is 7.36. The molecule has 2 rings (SSSR count). The molecule has 1 aliphatic heterocycles. The Labute approximate surface area is 123 Å². The number of hydrogen-bond donors (Lipinski definition) is 0. The van der Waals surface area contributed by atoms with Crippen LogP contribution < -0.4 is 5.59 Å². The minimum absolute atomic E-state index is 0.0194. The van der Waals surface area contributed by atoms with Crippen LogP contribution in [0.4, 0.5) is 0 Å². The second-order valence-corrected chi connectivity index (χ2v) is 7.84. The van der Waals surface area contributed by atoms with Gasteiger partial charge in [-0.3, -0.25) is 0 Å². The normalized spacial score (nSPS) is 23.1. The minimum atomic E-state index is -4.00. The predicted molar refractivity (Wildman–Crippen MR) is 75.9 cm³/mol. The van der Waals surface area contributed by atoms with Crippen LogP contribution >= 0.6 is 0 Å². The van der Waals surface area contributed by atoms with E-state index in [0.29, 0.717) is 3.97 Å². The van der Waals surface area contributed by atoms with Gasteiger partial charge in [0.1, 0.15) is 7.67 Å². The van der Waals surface area contributed by atoms with E-state index < -0.39 is 41.0 Å². The van der Waals surface area contributed by atoms with E-state index in [9.17, 15) is 8.42 Å². The Morgan fingerprint density at radius 1 is 1.30 bits per heavy atom. The van der Waals surface area contributed by atoms with Crippen LogP contribution in [0.5, 0.6) is 0 Å². The first kappa shape index (κ1) is 12.8. The fourth-order valence-electron chi connectivity index (χ4n) is 1.59. The monoisotopic (exact) mass is 303 g/mol. The maximum absolute atomic E-state index is 12.2. The largest absolute Gasteiger partial charge is 0.516 e. The van der Waals surface area contributed by atoms with Crippen LogP contribution in [-0.2, 0) is 19.5 Å². The van der Waals surface area contributed by atoms with Crippen LogP contribution in [0.3, 0.4) is 0 Å². The summed E-state index contributed by atoms with van der Waals surface area (Å²) in [4.78, 5) is 3.86. The van der Waals surface area contributed by atoms with E-state index in [-0.39, 0.29) is 5.59 Å². The number of rotatable bonds is 3. The molecular formula is C11H20BN3O4S. The zero-order valence-corrected chi connectivity index (χ0v) is 13.3. The summed E-state index contributed by atoms with van der Waals surface area (Å²) in [5, 5.41) is 0. The first-order valence-corrected chi connectivity index (χ1v) is 7.55. The summed E-state index contributed by atoms with van der Waals surface area (Å²) in [5.41, 5.74) is -1.30. The third kappa shape index (κ3) is 2.39. The molecule has 1 aromatic rings. The molecule has 1 saturated heterocycles. The average Bonchev–Trinajstić information content (AvgIpc) is 2.73. The Balaban J connectivity index is 2.50. The maximum Gasteiger partial charge on any atom is 0.516 e. The third-order valence-corrected chi connectivity index (χ3v) is 5.20. The van der Waals surface area contributed by atoms with Gasteiger partial charge in [-0.25, -0.2) is 8.96 Å². The van der Waals surface area contributed by atoms with Gasteiger partial charge in [-0.05, 0) is 27.7 Å². The Hall–Kier alpha value is -0.895. The van der Waals surface area contributed by atoms with Gasteiger partial charge in [-0.15, -0.1) is 0 Å². The molecule has 1 aliphatic rings. The van der Waals surface area contributed by atoms with Crippen molar-refractivity contribution in [1.29, 1.82) is 0 Å². The van der Waals surface area contributed by atoms with Crippen LogP contribution in [0.25, 0.3) is 0 Å². The minimum Gasteiger partial charge on any atom is -0.398 e. The molecule has 0 atom stereocenters. The smallest absolute Gasteiger partial charge is 0.398 e. The van der Waals surface area contributed by atoms with Crippen molar-refractivity contribution >= 4 is 22.9 Å². The highest BCUT2D eigenvalue weighted by Crippen LogP contribution is 2.36. The van der Waals surface area contributed by atoms with Gasteiger partial charge >= 0.3 is 17.3 Å². The van der Waals surface area contributed by atoms with E-state index >= 15 is 0 Å². The quantitative estimate of drug-likeness (QED) is 0.725. The van der Waals surface area contributed by atoms with Crippen molar-refractivity contribution in [2.75, 3.05) is 14.1 Å². The van der Waals surface area contributed by atoms with Gasteiger partial charge < -0.3 is 9.31 Å². The molecule has 1 fully saturated rings. The molecule has 1 aromatic heterocycles. The van der Waals surface area contributed by atoms with Gasteiger partial charge in [0.15, 0.2) is 0 Å². The van der Waals surface area contributed by atoms with Gasteiger partial charge in [0.25, 0.3) is 0 Å². The Kier molecular flexibility index (Phi) is 2.92. The molecule has 112 valence electrons. The van der Waals surface area contributed by atoms with Crippen molar-refractivity contribution < 1.29 is 20.5 Å². The van der Waals surface area contributed by atoms with Crippen molar-refractivity contribution in [3.05, 3.63) is 12.5 Å². The lowest BCUT2D eigenvalue weighted by molar-refractivity contribution is 0.00578. The molecule has 0 aromatic carbocycles. The van der Waals surface area contributed by atoms with Crippen molar-refractivity contribution in [2.24, 2.45) is 0 Å². The van der Waals surface area contributed by atoms with E-state index in [2.05, 4.69) is 4.98 Å². The fraction of sp³-hybridized carbons (Fsp3) is 0.727. The third-order valence-electron chi connectivity index (χ3n) is 3.65. The van der Waals surface area contributed by atoms with Crippen LogP contribution in [0.2, 0.25) is 0 Å². The predicted octanol–water partition coefficient (Wildman–Crippen LogP) is -0.163. The Morgan fingerprint density at radius 3 is 2.25 bits per heavy atom. The molecule has 7 nitrogen and oxygen atoms in total. The highest BCUT2D eigenvalue weighted by atomic mass is 32.2. The number of imidazole rings is 1. The molecule has 0 amide bonds. The molecule has 9 heteroatoms. The lowest BCUT2D eigenvalue weighted by Crippen LogP contribution is -2.41. The summed E-state index contributed by atoms with van der Waals surface area (Å²) >= 11 is 0. The van der Waals surface area contributed by atoms with Crippen LogP contribution in [-0.4, -0.2) is 54.1 Å². The van der Waals surface area contributed by atoms with Crippen molar-refractivity contribution in [1.82, 2.24) is 13.3 Å². The van der Waals surface area contributed by atoms with Gasteiger partial charge in [0.05, 0.1) is 18.2 Å². The number of nitrogens with zero attached hydrogens (tertiary/aromatic N) is 3. The summed E-state index contributed by atoms with van der Waals surface area (Å²) < 4.78 is 53.2. The summed E-state index contributed by atoms with van der Waals surface area (Å²) in [6, 6.07) is 0. The van der Waals surface area contributed by atoms with Crippen molar-refractivity contribution in [3.8, 4) is 0 Å². The van der Waals surface area contributed by atoms with Crippen LogP contribution in [0, 0.1) is 0 Å². The SMILES string of the molecule is [2H]c1nc(B2OC(C)(C)C(C)(C)O2)c([2H])n1S(=O)(=O)N(C)C. The van der Waals surface area contributed by atoms with Crippen LogP contribution in [0.1, 0.15) is 30.4 Å². The molecule has 0 spiro atoms. The molecular weight excluding hydrogens is 281 g/mol. The van der Waals surface area contributed by atoms with E-state index in [1.54, 1.807) is 0 Å². The zero-order valence-electron chi connectivity index (χ0n) is 14.5. The second-order valence-electron chi connectivity index (χ2n) is 5.85. The molecule has 2 heterocycles. The highest BCUT2D eigenvalue weighted by Gasteiger charge is 2.52. The molecule has 0 aliphatic carbocycles. The van der Waals surface area contributed by atoms with Crippen molar-refractivity contribution in [2.45, 2.75) is 38.9 Å². The van der Waals surface area contributed by atoms with E-state index in [4.69, 9.17) is 12.1 Å². The van der Waals surface area contributed by atoms with Gasteiger partial charge in [-0.1, -0.05) is 0 Å². The first-order chi connectivity index (χ1) is 9.81. The van der Waals surface area contributed by atoms with Crippen LogP contribution in [0.15, 0.2) is 12.5 Å². The standard InChI is InChI=1S/C11H20BN3O4S/c1-10(2)11(3,4)19-12(18-10)9-7-15(8-13-9)20(16,17)14(5)6/h7-8H,1-6H3/i7D,8D. The lowest BCUT2D eigenvalue weighted by Gasteiger charge is -2.32. The fourth-order valence-corrected chi connectivity index (χ4v) is 2.27. The lowest BCUT2D eigenvalue weighted by atomic mass is 9.86. The molecule has 0 N–H and O–H groups in total. The van der Waals surface area contributed by atoms with E-state index in [0.717, 1.165) is 4.31 Å². The zero-order chi connectivity index (χ0) is 17.1. The first-order valence-electron chi connectivity index (χ1n) is 7.16. The Bertz CT molecular complexity index is 686. The number of aromatic nitrogens is 2. The maximum atomic E-state index is 12.2. The summed E-state index contributed by atoms with van der Waals surface area (Å²) in [5.74, 6) is 0. The molecule has 0 radical (unpaired) electrons. The Morgan fingerprint density at radius 2 is 1.80 bits per heavy atom. The second kappa shape index (κ2) is 4.55. The molecule has 0 saturated carbocycles. The topological polar surface area (TPSA) is 73.7 Å². The molecule has 0 unspecified atom stereocenters.